The third kappa shape index (κ3) is 7.55. The fourth-order valence-electron chi connectivity index (χ4n) is 3.88. The van der Waals surface area contributed by atoms with Crippen molar-refractivity contribution in [3.63, 3.8) is 0 Å². The van der Waals surface area contributed by atoms with Gasteiger partial charge in [-0.15, -0.1) is 0 Å². The number of allylic oxidation sites excluding steroid dienone is 1. The van der Waals surface area contributed by atoms with Gasteiger partial charge in [0, 0.05) is 5.70 Å². The molecule has 2 aromatic carbocycles. The van der Waals surface area contributed by atoms with E-state index in [0.717, 1.165) is 3.57 Å². The number of hydrazone groups is 1. The molecular formula is C27H31IN4O8. The lowest BCUT2D eigenvalue weighted by molar-refractivity contribution is -0.139. The highest BCUT2D eigenvalue weighted by Gasteiger charge is 2.32. The summed E-state index contributed by atoms with van der Waals surface area (Å²) in [6, 6.07) is 7.26. The number of methoxy groups -OCH3 is 2. The van der Waals surface area contributed by atoms with E-state index in [1.54, 1.807) is 45.2 Å². The lowest BCUT2D eigenvalue weighted by atomic mass is 9.95. The topological polar surface area (TPSA) is 146 Å². The van der Waals surface area contributed by atoms with Crippen LogP contribution in [0.2, 0.25) is 0 Å². The molecular weight excluding hydrogens is 635 g/mol. The molecule has 0 bridgehead atoms. The number of hydrogen-bond donors (Lipinski definition) is 3. The summed E-state index contributed by atoms with van der Waals surface area (Å²) < 4.78 is 28.1. The summed E-state index contributed by atoms with van der Waals surface area (Å²) in [5.41, 5.74) is 4.36. The summed E-state index contributed by atoms with van der Waals surface area (Å²) >= 11 is 2.13. The molecule has 0 unspecified atom stereocenters. The second-order valence-corrected chi connectivity index (χ2v) is 9.41. The number of carbonyl (C=O) groups is 3. The third-order valence-electron chi connectivity index (χ3n) is 5.58. The molecule has 1 aliphatic heterocycles. The van der Waals surface area contributed by atoms with Crippen molar-refractivity contribution in [2.75, 3.05) is 34.0 Å². The van der Waals surface area contributed by atoms with E-state index in [1.165, 1.54) is 13.3 Å². The van der Waals surface area contributed by atoms with Gasteiger partial charge in [-0.05, 0) is 78.8 Å². The summed E-state index contributed by atoms with van der Waals surface area (Å²) in [4.78, 5) is 37.0. The van der Waals surface area contributed by atoms with Crippen LogP contribution in [0.3, 0.4) is 0 Å². The standard InChI is InChI=1S/C27H31IN4O8/c1-6-38-21-11-16(10-18(28)25(21)37-5)13-29-32-22(33)14-40-19-9-8-17(12-20(19)36-4)24-23(26(34)39-7-2)15(3)30-27(35)31-24/h8-13,24H,6-7,14H2,1-5H3,(H,32,33)(H2,30,31,35)/b29-13-/t24-/m1/s1. The predicted molar refractivity (Wildman–Crippen MR) is 155 cm³/mol. The number of halogens is 1. The first-order valence-electron chi connectivity index (χ1n) is 12.3. The maximum absolute atomic E-state index is 12.6. The van der Waals surface area contributed by atoms with Crippen molar-refractivity contribution in [3.8, 4) is 23.0 Å². The van der Waals surface area contributed by atoms with Crippen LogP contribution in [0.15, 0.2) is 46.7 Å². The normalized spacial score (nSPS) is 14.8. The van der Waals surface area contributed by atoms with Crippen LogP contribution in [-0.4, -0.2) is 58.2 Å². The molecule has 3 amide bonds. The van der Waals surface area contributed by atoms with E-state index in [-0.39, 0.29) is 24.5 Å². The second kappa shape index (κ2) is 14.4. The molecule has 40 heavy (non-hydrogen) atoms. The maximum Gasteiger partial charge on any atom is 0.338 e. The minimum atomic E-state index is -0.766. The quantitative estimate of drug-likeness (QED) is 0.135. The number of rotatable bonds is 12. The minimum Gasteiger partial charge on any atom is -0.493 e. The Morgan fingerprint density at radius 3 is 2.50 bits per heavy atom. The Kier molecular flexibility index (Phi) is 11.0. The fraction of sp³-hybridized carbons (Fsp3) is 0.333. The van der Waals surface area contributed by atoms with Gasteiger partial charge in [-0.2, -0.15) is 5.10 Å². The molecule has 0 aromatic heterocycles. The van der Waals surface area contributed by atoms with Crippen molar-refractivity contribution in [1.29, 1.82) is 0 Å². The van der Waals surface area contributed by atoms with Gasteiger partial charge in [0.2, 0.25) is 0 Å². The fourth-order valence-corrected chi connectivity index (χ4v) is 4.73. The maximum atomic E-state index is 12.6. The second-order valence-electron chi connectivity index (χ2n) is 8.25. The Labute approximate surface area is 245 Å². The van der Waals surface area contributed by atoms with Gasteiger partial charge in [-0.3, -0.25) is 4.79 Å². The van der Waals surface area contributed by atoms with E-state index in [0.29, 0.717) is 40.7 Å². The van der Waals surface area contributed by atoms with Gasteiger partial charge in [0.15, 0.2) is 29.6 Å². The summed E-state index contributed by atoms with van der Waals surface area (Å²) in [5, 5.41) is 9.31. The van der Waals surface area contributed by atoms with Crippen LogP contribution >= 0.6 is 22.6 Å². The molecule has 3 rings (SSSR count). The van der Waals surface area contributed by atoms with E-state index >= 15 is 0 Å². The molecule has 214 valence electrons. The summed E-state index contributed by atoms with van der Waals surface area (Å²) in [7, 11) is 3.01. The largest absolute Gasteiger partial charge is 0.493 e. The SMILES string of the molecule is CCOC(=O)C1=C(C)NC(=O)N[C@@H]1c1ccc(OCC(=O)N/N=C\c2cc(I)c(OC)c(OCC)c2)c(OC)c1. The number of nitrogens with one attached hydrogen (secondary N) is 3. The zero-order valence-electron chi connectivity index (χ0n) is 22.8. The van der Waals surface area contributed by atoms with Crippen molar-refractivity contribution in [3.05, 3.63) is 56.3 Å². The molecule has 1 atom stereocenters. The molecule has 0 saturated heterocycles. The number of esters is 1. The third-order valence-corrected chi connectivity index (χ3v) is 6.38. The van der Waals surface area contributed by atoms with Gasteiger partial charge < -0.3 is 34.3 Å². The van der Waals surface area contributed by atoms with Crippen molar-refractivity contribution >= 4 is 46.7 Å². The average Bonchev–Trinajstić information content (AvgIpc) is 2.91. The molecule has 12 nitrogen and oxygen atoms in total. The van der Waals surface area contributed by atoms with Gasteiger partial charge in [0.05, 0.1) is 48.8 Å². The van der Waals surface area contributed by atoms with Crippen molar-refractivity contribution in [1.82, 2.24) is 16.1 Å². The molecule has 0 fully saturated rings. The van der Waals surface area contributed by atoms with Crippen LogP contribution in [0.4, 0.5) is 4.79 Å². The predicted octanol–water partition coefficient (Wildman–Crippen LogP) is 3.43. The van der Waals surface area contributed by atoms with Crippen LogP contribution in [0.1, 0.15) is 37.9 Å². The molecule has 1 heterocycles. The Bertz CT molecular complexity index is 1330. The highest BCUT2D eigenvalue weighted by Crippen LogP contribution is 2.35. The highest BCUT2D eigenvalue weighted by atomic mass is 127. The minimum absolute atomic E-state index is 0.187. The Morgan fingerprint density at radius 2 is 1.82 bits per heavy atom. The Hall–Kier alpha value is -4.01. The molecule has 0 aliphatic carbocycles. The van der Waals surface area contributed by atoms with Crippen LogP contribution in [0.5, 0.6) is 23.0 Å². The monoisotopic (exact) mass is 666 g/mol. The molecule has 1 aliphatic rings. The van der Waals surface area contributed by atoms with E-state index < -0.39 is 23.9 Å². The van der Waals surface area contributed by atoms with Gasteiger partial charge in [0.25, 0.3) is 5.91 Å². The molecule has 13 heteroatoms. The highest BCUT2D eigenvalue weighted by molar-refractivity contribution is 14.1. The number of ether oxygens (including phenoxy) is 5. The number of carbonyl (C=O) groups excluding carboxylic acids is 3. The van der Waals surface area contributed by atoms with Gasteiger partial charge >= 0.3 is 12.0 Å². The van der Waals surface area contributed by atoms with Crippen LogP contribution < -0.4 is 35.0 Å². The van der Waals surface area contributed by atoms with E-state index in [1.807, 2.05) is 13.0 Å². The lowest BCUT2D eigenvalue weighted by Gasteiger charge is -2.28. The molecule has 3 N–H and O–H groups in total. The zero-order chi connectivity index (χ0) is 29.2. The number of hydrogen-bond acceptors (Lipinski definition) is 9. The van der Waals surface area contributed by atoms with Crippen LogP contribution in [0.25, 0.3) is 0 Å². The first kappa shape index (κ1) is 30.5. The van der Waals surface area contributed by atoms with Crippen molar-refractivity contribution in [2.24, 2.45) is 5.10 Å². The van der Waals surface area contributed by atoms with Gasteiger partial charge in [-0.1, -0.05) is 6.07 Å². The zero-order valence-corrected chi connectivity index (χ0v) is 24.9. The van der Waals surface area contributed by atoms with Crippen LogP contribution in [0, 0.1) is 3.57 Å². The molecule has 0 radical (unpaired) electrons. The van der Waals surface area contributed by atoms with E-state index in [2.05, 4.69) is 43.8 Å². The summed E-state index contributed by atoms with van der Waals surface area (Å²) in [6.45, 7) is 5.52. The smallest absolute Gasteiger partial charge is 0.338 e. The number of urea groups is 1. The van der Waals surface area contributed by atoms with Gasteiger partial charge in [-0.25, -0.2) is 15.0 Å². The number of benzene rings is 2. The molecule has 0 spiro atoms. The Balaban J connectivity index is 1.68. The summed E-state index contributed by atoms with van der Waals surface area (Å²) in [6.07, 6.45) is 1.49. The van der Waals surface area contributed by atoms with E-state index in [9.17, 15) is 14.4 Å². The van der Waals surface area contributed by atoms with E-state index in [4.69, 9.17) is 23.7 Å². The lowest BCUT2D eigenvalue weighted by Crippen LogP contribution is -2.45. The molecule has 2 aromatic rings. The first-order valence-corrected chi connectivity index (χ1v) is 13.4. The number of nitrogens with zero attached hydrogens (tertiary/aromatic N) is 1. The number of amides is 3. The first-order chi connectivity index (χ1) is 19.2. The van der Waals surface area contributed by atoms with Gasteiger partial charge in [0.1, 0.15) is 0 Å². The van der Waals surface area contributed by atoms with Crippen molar-refractivity contribution < 1.29 is 38.1 Å². The average molecular weight is 666 g/mol. The molecule has 0 saturated carbocycles. The van der Waals surface area contributed by atoms with Crippen molar-refractivity contribution in [2.45, 2.75) is 26.8 Å². The van der Waals surface area contributed by atoms with Crippen LogP contribution in [-0.2, 0) is 14.3 Å². The summed E-state index contributed by atoms with van der Waals surface area (Å²) in [5.74, 6) is 0.751. The Morgan fingerprint density at radius 1 is 1.05 bits per heavy atom.